The molecule has 1 saturated carbocycles. The van der Waals surface area contributed by atoms with E-state index in [1.54, 1.807) is 32.0 Å². The predicted octanol–water partition coefficient (Wildman–Crippen LogP) is 2.69. The minimum Gasteiger partial charge on any atom is -0.326 e. The summed E-state index contributed by atoms with van der Waals surface area (Å²) < 4.78 is 54.1. The summed E-state index contributed by atoms with van der Waals surface area (Å²) in [5, 5.41) is 2.36. The maximum absolute atomic E-state index is 12.9. The lowest BCUT2D eigenvalue weighted by atomic mass is 9.86. The highest BCUT2D eigenvalue weighted by atomic mass is 32.2. The van der Waals surface area contributed by atoms with Crippen LogP contribution >= 0.6 is 0 Å². The fraction of sp³-hybridized carbons (Fsp3) is 0.667. The second-order valence-corrected chi connectivity index (χ2v) is 12.9. The van der Waals surface area contributed by atoms with Gasteiger partial charge in [-0.1, -0.05) is 12.5 Å². The van der Waals surface area contributed by atoms with Crippen molar-refractivity contribution >= 4 is 31.6 Å². The van der Waals surface area contributed by atoms with Crippen molar-refractivity contribution < 1.29 is 21.6 Å². The van der Waals surface area contributed by atoms with Crippen molar-refractivity contribution in [1.29, 1.82) is 0 Å². The van der Waals surface area contributed by atoms with Crippen LogP contribution in [0.2, 0.25) is 0 Å². The van der Waals surface area contributed by atoms with Crippen molar-refractivity contribution in [2.45, 2.75) is 75.0 Å². The van der Waals surface area contributed by atoms with Gasteiger partial charge in [-0.25, -0.2) is 21.6 Å². The normalized spacial score (nSPS) is 23.6. The highest BCUT2D eigenvalue weighted by molar-refractivity contribution is 7.90. The number of carbonyl (C=O) groups excluding carboxylic acids is 1. The van der Waals surface area contributed by atoms with E-state index in [0.29, 0.717) is 44.5 Å². The van der Waals surface area contributed by atoms with Crippen LogP contribution in [0.4, 0.5) is 5.69 Å². The van der Waals surface area contributed by atoms with Crippen molar-refractivity contribution in [3.05, 3.63) is 24.3 Å². The fourth-order valence-electron chi connectivity index (χ4n) is 4.07. The molecule has 8 nitrogen and oxygen atoms in total. The van der Waals surface area contributed by atoms with Crippen molar-refractivity contribution in [2.75, 3.05) is 18.4 Å². The molecule has 31 heavy (non-hydrogen) atoms. The molecule has 0 radical (unpaired) electrons. The van der Waals surface area contributed by atoms with E-state index in [4.69, 9.17) is 0 Å². The summed E-state index contributed by atoms with van der Waals surface area (Å²) in [5.74, 6) is -0.375. The van der Waals surface area contributed by atoms with E-state index in [0.717, 1.165) is 19.3 Å². The smallest absolute Gasteiger partial charge is 0.243 e. The molecule has 1 saturated heterocycles. The van der Waals surface area contributed by atoms with Crippen LogP contribution in [0.25, 0.3) is 0 Å². The summed E-state index contributed by atoms with van der Waals surface area (Å²) in [6.07, 6.45) is 5.16. The number of rotatable bonds is 7. The Labute approximate surface area is 185 Å². The second-order valence-electron chi connectivity index (χ2n) is 8.74. The van der Waals surface area contributed by atoms with Gasteiger partial charge in [-0.2, -0.15) is 4.31 Å². The topological polar surface area (TPSA) is 113 Å². The Balaban J connectivity index is 1.59. The SMILES string of the molecule is CC(C)S(=O)(=O)NC1CCC(C(=O)Nc2cccc(S(=O)(=O)N3CCCCC3)c2)CC1. The Morgan fingerprint density at radius 3 is 2.26 bits per heavy atom. The molecule has 0 bridgehead atoms. The Kier molecular flexibility index (Phi) is 7.77. The molecule has 0 unspecified atom stereocenters. The van der Waals surface area contributed by atoms with Crippen LogP contribution in [0.15, 0.2) is 29.2 Å². The lowest BCUT2D eigenvalue weighted by Gasteiger charge is -2.29. The zero-order chi connectivity index (χ0) is 22.6. The van der Waals surface area contributed by atoms with Gasteiger partial charge in [-0.05, 0) is 70.6 Å². The quantitative estimate of drug-likeness (QED) is 0.635. The molecular weight excluding hydrogens is 438 g/mol. The van der Waals surface area contributed by atoms with Crippen LogP contribution in [0.3, 0.4) is 0 Å². The third-order valence-electron chi connectivity index (χ3n) is 6.10. The molecule has 2 fully saturated rings. The van der Waals surface area contributed by atoms with E-state index in [9.17, 15) is 21.6 Å². The second kappa shape index (κ2) is 9.97. The Hall–Kier alpha value is -1.49. The average molecular weight is 472 g/mol. The first-order valence-electron chi connectivity index (χ1n) is 11.0. The number of nitrogens with one attached hydrogen (secondary N) is 2. The van der Waals surface area contributed by atoms with Gasteiger partial charge in [-0.15, -0.1) is 0 Å². The highest BCUT2D eigenvalue weighted by Gasteiger charge is 2.30. The molecule has 0 aromatic heterocycles. The molecule has 1 aromatic rings. The number of sulfonamides is 2. The first-order chi connectivity index (χ1) is 14.6. The van der Waals surface area contributed by atoms with E-state index < -0.39 is 25.3 Å². The number of carbonyl (C=O) groups is 1. The summed E-state index contributed by atoms with van der Waals surface area (Å²) in [7, 11) is -6.88. The van der Waals surface area contributed by atoms with Gasteiger partial charge in [0.2, 0.25) is 26.0 Å². The largest absolute Gasteiger partial charge is 0.326 e. The minimum atomic E-state index is -3.56. The van der Waals surface area contributed by atoms with Gasteiger partial charge in [0.1, 0.15) is 0 Å². The first-order valence-corrected chi connectivity index (χ1v) is 14.0. The number of piperidine rings is 1. The van der Waals surface area contributed by atoms with Crippen molar-refractivity contribution in [3.8, 4) is 0 Å². The lowest BCUT2D eigenvalue weighted by molar-refractivity contribution is -0.120. The summed E-state index contributed by atoms with van der Waals surface area (Å²) in [6.45, 7) is 4.34. The molecule has 1 aromatic carbocycles. The minimum absolute atomic E-state index is 0.144. The van der Waals surface area contributed by atoms with Gasteiger partial charge in [0.05, 0.1) is 10.1 Å². The van der Waals surface area contributed by atoms with Crippen LogP contribution in [0, 0.1) is 5.92 Å². The van der Waals surface area contributed by atoms with Crippen LogP contribution in [-0.2, 0) is 24.8 Å². The summed E-state index contributed by atoms with van der Waals surface area (Å²) in [4.78, 5) is 12.9. The molecule has 1 aliphatic carbocycles. The van der Waals surface area contributed by atoms with Gasteiger partial charge < -0.3 is 5.32 Å². The number of nitrogens with zero attached hydrogens (tertiary/aromatic N) is 1. The molecule has 0 atom stereocenters. The predicted molar refractivity (Wildman–Crippen MR) is 121 cm³/mol. The lowest BCUT2D eigenvalue weighted by Crippen LogP contribution is -2.42. The maximum atomic E-state index is 12.9. The monoisotopic (exact) mass is 471 g/mol. The van der Waals surface area contributed by atoms with Crippen molar-refractivity contribution in [3.63, 3.8) is 0 Å². The maximum Gasteiger partial charge on any atom is 0.243 e. The summed E-state index contributed by atoms with van der Waals surface area (Å²) in [6, 6.07) is 6.27. The third-order valence-corrected chi connectivity index (χ3v) is 9.90. The zero-order valence-electron chi connectivity index (χ0n) is 18.2. The van der Waals surface area contributed by atoms with Crippen molar-refractivity contribution in [1.82, 2.24) is 9.03 Å². The summed E-state index contributed by atoms with van der Waals surface area (Å²) in [5.41, 5.74) is 0.464. The number of hydrogen-bond acceptors (Lipinski definition) is 5. The molecule has 2 aliphatic rings. The van der Waals surface area contributed by atoms with Gasteiger partial charge in [-0.3, -0.25) is 4.79 Å². The number of hydrogen-bond donors (Lipinski definition) is 2. The average Bonchev–Trinajstić information content (AvgIpc) is 2.74. The molecular formula is C21H33N3O5S2. The molecule has 0 spiro atoms. The molecule has 1 heterocycles. The van der Waals surface area contributed by atoms with E-state index in [-0.39, 0.29) is 22.8 Å². The van der Waals surface area contributed by atoms with E-state index in [1.165, 1.54) is 10.4 Å². The number of anilines is 1. The van der Waals surface area contributed by atoms with Crippen LogP contribution in [0.1, 0.15) is 58.8 Å². The van der Waals surface area contributed by atoms with Gasteiger partial charge in [0.25, 0.3) is 0 Å². The van der Waals surface area contributed by atoms with Crippen LogP contribution < -0.4 is 10.0 Å². The van der Waals surface area contributed by atoms with Crippen LogP contribution in [-0.4, -0.2) is 51.4 Å². The Morgan fingerprint density at radius 1 is 1.00 bits per heavy atom. The molecule has 174 valence electrons. The molecule has 3 rings (SSSR count). The van der Waals surface area contributed by atoms with Gasteiger partial charge >= 0.3 is 0 Å². The van der Waals surface area contributed by atoms with Crippen molar-refractivity contribution in [2.24, 2.45) is 5.92 Å². The number of benzene rings is 1. The molecule has 2 N–H and O–H groups in total. The number of amides is 1. The van der Waals surface area contributed by atoms with Gasteiger partial charge in [0.15, 0.2) is 0 Å². The Morgan fingerprint density at radius 2 is 1.65 bits per heavy atom. The van der Waals surface area contributed by atoms with E-state index in [1.807, 2.05) is 0 Å². The molecule has 1 aliphatic heterocycles. The van der Waals surface area contributed by atoms with E-state index >= 15 is 0 Å². The molecule has 1 amide bonds. The third kappa shape index (κ3) is 6.06. The highest BCUT2D eigenvalue weighted by Crippen LogP contribution is 2.27. The first kappa shape index (κ1) is 24.2. The summed E-state index contributed by atoms with van der Waals surface area (Å²) >= 11 is 0. The standard InChI is InChI=1S/C21H33N3O5S2/c1-16(2)30(26,27)23-18-11-9-17(10-12-18)21(25)22-19-7-6-8-20(15-19)31(28,29)24-13-4-3-5-14-24/h6-8,15-18,23H,3-5,9-14H2,1-2H3,(H,22,25). The Bertz CT molecular complexity index is 978. The molecule has 10 heteroatoms. The van der Waals surface area contributed by atoms with Crippen LogP contribution in [0.5, 0.6) is 0 Å². The zero-order valence-corrected chi connectivity index (χ0v) is 19.8. The van der Waals surface area contributed by atoms with Gasteiger partial charge in [0, 0.05) is 30.7 Å². The van der Waals surface area contributed by atoms with E-state index in [2.05, 4.69) is 10.0 Å². The fourth-order valence-corrected chi connectivity index (χ4v) is 6.61.